The maximum atomic E-state index is 15.2. The molecule has 0 saturated carbocycles. The number of rotatable bonds is 12. The average molecular weight is 475 g/mol. The summed E-state index contributed by atoms with van der Waals surface area (Å²) in [5.74, 6) is -0.766. The van der Waals surface area contributed by atoms with Crippen LogP contribution in [-0.2, 0) is 29.0 Å². The summed E-state index contributed by atoms with van der Waals surface area (Å²) >= 11 is 0. The highest BCUT2D eigenvalue weighted by Crippen LogP contribution is 2.30. The van der Waals surface area contributed by atoms with Crippen molar-refractivity contribution in [3.8, 4) is 22.3 Å². The molecule has 3 aromatic rings. The Labute approximate surface area is 208 Å². The summed E-state index contributed by atoms with van der Waals surface area (Å²) in [6, 6.07) is 19.3. The van der Waals surface area contributed by atoms with E-state index in [1.807, 2.05) is 24.3 Å². The van der Waals surface area contributed by atoms with Gasteiger partial charge in [0.25, 0.3) is 0 Å². The first-order chi connectivity index (χ1) is 16.9. The minimum Gasteiger partial charge on any atom is -0.457 e. The highest BCUT2D eigenvalue weighted by molar-refractivity contribution is 5.87. The normalized spacial score (nSPS) is 10.9. The van der Waals surface area contributed by atoms with Crippen LogP contribution in [0, 0.1) is 5.82 Å². The Morgan fingerprint density at radius 1 is 0.886 bits per heavy atom. The van der Waals surface area contributed by atoms with E-state index in [1.54, 1.807) is 19.1 Å². The number of esters is 1. The van der Waals surface area contributed by atoms with E-state index in [2.05, 4.69) is 37.8 Å². The van der Waals surface area contributed by atoms with E-state index in [-0.39, 0.29) is 19.0 Å². The van der Waals surface area contributed by atoms with Crippen LogP contribution in [0.3, 0.4) is 0 Å². The van der Waals surface area contributed by atoms with Gasteiger partial charge in [0, 0.05) is 17.7 Å². The maximum Gasteiger partial charge on any atom is 0.333 e. The van der Waals surface area contributed by atoms with Crippen LogP contribution in [0.25, 0.3) is 22.3 Å². The van der Waals surface area contributed by atoms with Crippen molar-refractivity contribution in [2.24, 2.45) is 0 Å². The number of halogens is 1. The van der Waals surface area contributed by atoms with Gasteiger partial charge in [-0.3, -0.25) is 0 Å². The van der Waals surface area contributed by atoms with Crippen molar-refractivity contribution < 1.29 is 19.0 Å². The Kier molecular flexibility index (Phi) is 9.80. The smallest absolute Gasteiger partial charge is 0.333 e. The third kappa shape index (κ3) is 7.37. The van der Waals surface area contributed by atoms with E-state index >= 15 is 4.39 Å². The molecule has 0 aliphatic rings. The van der Waals surface area contributed by atoms with E-state index in [0.29, 0.717) is 24.0 Å². The number of unbranched alkanes of at least 4 members (excludes halogenated alkanes) is 2. The van der Waals surface area contributed by atoms with Crippen LogP contribution in [-0.4, -0.2) is 17.7 Å². The van der Waals surface area contributed by atoms with E-state index < -0.39 is 5.97 Å². The first-order valence-electron chi connectivity index (χ1n) is 12.4. The van der Waals surface area contributed by atoms with Gasteiger partial charge in [-0.05, 0) is 78.1 Å². The SMILES string of the molecule is C=C(C)C(=O)OCc1cc(-c2ccc(-c3ccc(CCCCC)cc3)cc2F)ccc1CCCO. The third-order valence-electron chi connectivity index (χ3n) is 6.15. The second-order valence-electron chi connectivity index (χ2n) is 9.02. The molecule has 4 heteroatoms. The molecule has 0 aromatic heterocycles. The monoisotopic (exact) mass is 474 g/mol. The second-order valence-corrected chi connectivity index (χ2v) is 9.02. The van der Waals surface area contributed by atoms with E-state index in [4.69, 9.17) is 4.74 Å². The molecule has 0 aliphatic carbocycles. The summed E-state index contributed by atoms with van der Waals surface area (Å²) in [7, 11) is 0. The number of aryl methyl sites for hydroxylation is 2. The minimum atomic E-state index is -0.463. The Balaban J connectivity index is 1.83. The predicted octanol–water partition coefficient (Wildman–Crippen LogP) is 7.44. The van der Waals surface area contributed by atoms with Crippen LogP contribution in [0.5, 0.6) is 0 Å². The average Bonchev–Trinajstić information content (AvgIpc) is 2.86. The van der Waals surface area contributed by atoms with Gasteiger partial charge in [-0.2, -0.15) is 0 Å². The molecule has 0 radical (unpaired) electrons. The molecular formula is C31H35FO3. The van der Waals surface area contributed by atoms with Crippen LogP contribution >= 0.6 is 0 Å². The molecule has 0 aliphatic heterocycles. The Bertz CT molecular complexity index is 1150. The summed E-state index contributed by atoms with van der Waals surface area (Å²) in [6.07, 6.45) is 5.94. The number of aliphatic hydroxyl groups excluding tert-OH is 1. The number of ether oxygens (including phenoxy) is 1. The van der Waals surface area contributed by atoms with Crippen molar-refractivity contribution in [1.29, 1.82) is 0 Å². The molecule has 3 nitrogen and oxygen atoms in total. The summed E-state index contributed by atoms with van der Waals surface area (Å²) in [6.45, 7) is 7.56. The highest BCUT2D eigenvalue weighted by Gasteiger charge is 2.13. The van der Waals surface area contributed by atoms with Crippen LogP contribution < -0.4 is 0 Å². The summed E-state index contributed by atoms with van der Waals surface area (Å²) in [5, 5.41) is 9.22. The van der Waals surface area contributed by atoms with Crippen LogP contribution in [0.4, 0.5) is 4.39 Å². The zero-order valence-electron chi connectivity index (χ0n) is 20.8. The minimum absolute atomic E-state index is 0.0720. The molecular weight excluding hydrogens is 439 g/mol. The fourth-order valence-electron chi connectivity index (χ4n) is 4.08. The van der Waals surface area contributed by atoms with Crippen LogP contribution in [0.15, 0.2) is 72.8 Å². The quantitative estimate of drug-likeness (QED) is 0.169. The molecule has 0 saturated heterocycles. The Morgan fingerprint density at radius 3 is 2.26 bits per heavy atom. The molecule has 0 heterocycles. The third-order valence-corrected chi connectivity index (χ3v) is 6.15. The van der Waals surface area contributed by atoms with Gasteiger partial charge >= 0.3 is 5.97 Å². The maximum absolute atomic E-state index is 15.2. The van der Waals surface area contributed by atoms with Gasteiger partial charge in [0.15, 0.2) is 0 Å². The van der Waals surface area contributed by atoms with Crippen molar-refractivity contribution in [2.45, 2.75) is 59.0 Å². The molecule has 0 unspecified atom stereocenters. The summed E-state index contributed by atoms with van der Waals surface area (Å²) in [5.41, 5.74) is 6.43. The van der Waals surface area contributed by atoms with E-state index in [0.717, 1.165) is 34.2 Å². The lowest BCUT2D eigenvalue weighted by Crippen LogP contribution is -2.07. The van der Waals surface area contributed by atoms with Gasteiger partial charge in [0.2, 0.25) is 0 Å². The lowest BCUT2D eigenvalue weighted by molar-refractivity contribution is -0.140. The summed E-state index contributed by atoms with van der Waals surface area (Å²) < 4.78 is 20.6. The number of hydrogen-bond acceptors (Lipinski definition) is 3. The first kappa shape index (κ1) is 26.4. The lowest BCUT2D eigenvalue weighted by Gasteiger charge is -2.14. The fraction of sp³-hybridized carbons (Fsp3) is 0.323. The number of benzene rings is 3. The van der Waals surface area contributed by atoms with Gasteiger partial charge in [-0.1, -0.05) is 74.9 Å². The molecule has 3 rings (SSSR count). The predicted molar refractivity (Wildman–Crippen MR) is 141 cm³/mol. The van der Waals surface area contributed by atoms with Gasteiger partial charge in [-0.25, -0.2) is 9.18 Å². The molecule has 0 fully saturated rings. The summed E-state index contributed by atoms with van der Waals surface area (Å²) in [4.78, 5) is 11.9. The van der Waals surface area contributed by atoms with Gasteiger partial charge in [0.05, 0.1) is 0 Å². The van der Waals surface area contributed by atoms with Gasteiger partial charge in [-0.15, -0.1) is 0 Å². The highest BCUT2D eigenvalue weighted by atomic mass is 19.1. The van der Waals surface area contributed by atoms with E-state index in [9.17, 15) is 9.90 Å². The zero-order chi connectivity index (χ0) is 25.2. The van der Waals surface area contributed by atoms with E-state index in [1.165, 1.54) is 24.8 Å². The topological polar surface area (TPSA) is 46.5 Å². The van der Waals surface area contributed by atoms with Crippen molar-refractivity contribution in [3.63, 3.8) is 0 Å². The van der Waals surface area contributed by atoms with Gasteiger partial charge < -0.3 is 9.84 Å². The molecule has 184 valence electrons. The molecule has 0 spiro atoms. The fourth-order valence-corrected chi connectivity index (χ4v) is 4.08. The Hall–Kier alpha value is -3.24. The molecule has 1 N–H and O–H groups in total. The molecule has 3 aromatic carbocycles. The largest absolute Gasteiger partial charge is 0.457 e. The molecule has 0 amide bonds. The number of carbonyl (C=O) groups is 1. The van der Waals surface area contributed by atoms with Crippen molar-refractivity contribution in [1.82, 2.24) is 0 Å². The van der Waals surface area contributed by atoms with Crippen molar-refractivity contribution in [2.75, 3.05) is 6.61 Å². The number of aliphatic hydroxyl groups is 1. The second kappa shape index (κ2) is 13.0. The number of carbonyl (C=O) groups excluding carboxylic acids is 1. The molecule has 0 bridgehead atoms. The standard InChI is InChI=1S/C31H35FO3/c1-4-5-6-8-23-10-12-25(13-11-23)26-16-17-29(30(32)20-26)27-15-14-24(9-7-18-33)28(19-27)21-35-31(34)22(2)3/h10-17,19-20,33H,2,4-9,18,21H2,1,3H3. The lowest BCUT2D eigenvalue weighted by atomic mass is 9.95. The van der Waals surface area contributed by atoms with Crippen LogP contribution in [0.1, 0.15) is 56.2 Å². The molecule has 0 atom stereocenters. The molecule has 35 heavy (non-hydrogen) atoms. The number of hydrogen-bond donors (Lipinski definition) is 1. The van der Waals surface area contributed by atoms with Crippen molar-refractivity contribution >= 4 is 5.97 Å². The zero-order valence-corrected chi connectivity index (χ0v) is 20.8. The van der Waals surface area contributed by atoms with Crippen molar-refractivity contribution in [3.05, 3.63) is 95.3 Å². The Morgan fingerprint density at radius 2 is 1.60 bits per heavy atom. The first-order valence-corrected chi connectivity index (χ1v) is 12.4. The van der Waals surface area contributed by atoms with Gasteiger partial charge in [0.1, 0.15) is 12.4 Å². The van der Waals surface area contributed by atoms with Crippen LogP contribution in [0.2, 0.25) is 0 Å².